The van der Waals surface area contributed by atoms with Gasteiger partial charge < -0.3 is 5.32 Å². The van der Waals surface area contributed by atoms with Crippen molar-refractivity contribution in [2.45, 2.75) is 19.8 Å². The lowest BCUT2D eigenvalue weighted by Crippen LogP contribution is -2.06. The summed E-state index contributed by atoms with van der Waals surface area (Å²) in [4.78, 5) is 16.2. The normalized spacial score (nSPS) is 10.9. The molecule has 122 valence electrons. The molecule has 0 bridgehead atoms. The van der Waals surface area contributed by atoms with Crippen LogP contribution < -0.4 is 5.32 Å². The van der Waals surface area contributed by atoms with Crippen LogP contribution in [0.25, 0.3) is 11.5 Å². The van der Waals surface area contributed by atoms with E-state index in [0.29, 0.717) is 5.82 Å². The molecule has 0 saturated heterocycles. The van der Waals surface area contributed by atoms with Crippen molar-refractivity contribution in [3.63, 3.8) is 0 Å². The summed E-state index contributed by atoms with van der Waals surface area (Å²) < 4.78 is 27.8. The number of hydrogen-bond acceptors (Lipinski definition) is 5. The largest absolute Gasteiger partial charge is 0.337 e. The van der Waals surface area contributed by atoms with Gasteiger partial charge in [-0.1, -0.05) is 13.8 Å². The van der Waals surface area contributed by atoms with Gasteiger partial charge in [0.1, 0.15) is 11.5 Å². The number of rotatable bonds is 4. The second-order valence-corrected chi connectivity index (χ2v) is 5.47. The van der Waals surface area contributed by atoms with Crippen LogP contribution in [0.2, 0.25) is 0 Å². The molecule has 0 aliphatic rings. The summed E-state index contributed by atoms with van der Waals surface area (Å²) in [6.07, 6.45) is 5.65. The van der Waals surface area contributed by atoms with Gasteiger partial charge in [-0.3, -0.25) is 4.98 Å². The van der Waals surface area contributed by atoms with E-state index in [4.69, 9.17) is 0 Å². The Bertz CT molecular complexity index is 867. The van der Waals surface area contributed by atoms with Crippen LogP contribution in [0.1, 0.15) is 25.3 Å². The van der Waals surface area contributed by atoms with Crippen LogP contribution in [0.4, 0.5) is 20.3 Å². The second kappa shape index (κ2) is 6.66. The van der Waals surface area contributed by atoms with Gasteiger partial charge in [0, 0.05) is 24.2 Å². The zero-order chi connectivity index (χ0) is 17.1. The van der Waals surface area contributed by atoms with E-state index in [2.05, 4.69) is 25.3 Å². The molecule has 7 heteroatoms. The fourth-order valence-corrected chi connectivity index (χ4v) is 2.18. The second-order valence-electron chi connectivity index (χ2n) is 5.47. The SMILES string of the molecule is CC(C)c1cnc(-c2ncccc2F)nc1Nc1ccncc1F. The quantitative estimate of drug-likeness (QED) is 0.782. The minimum Gasteiger partial charge on any atom is -0.337 e. The average molecular weight is 327 g/mol. The first kappa shape index (κ1) is 15.9. The molecule has 0 aromatic carbocycles. The molecule has 0 spiro atoms. The lowest BCUT2D eigenvalue weighted by atomic mass is 10.1. The third kappa shape index (κ3) is 3.19. The van der Waals surface area contributed by atoms with Crippen molar-refractivity contribution in [1.82, 2.24) is 19.9 Å². The third-order valence-corrected chi connectivity index (χ3v) is 3.43. The van der Waals surface area contributed by atoms with Crippen LogP contribution in [0.15, 0.2) is 43.0 Å². The maximum atomic E-state index is 13.9. The van der Waals surface area contributed by atoms with Crippen molar-refractivity contribution in [2.75, 3.05) is 5.32 Å². The molecule has 0 radical (unpaired) electrons. The van der Waals surface area contributed by atoms with Crippen LogP contribution in [0.5, 0.6) is 0 Å². The summed E-state index contributed by atoms with van der Waals surface area (Å²) in [5, 5.41) is 2.94. The van der Waals surface area contributed by atoms with Gasteiger partial charge in [0.25, 0.3) is 0 Å². The van der Waals surface area contributed by atoms with Gasteiger partial charge in [-0.05, 0) is 24.1 Å². The van der Waals surface area contributed by atoms with Gasteiger partial charge in [0.2, 0.25) is 0 Å². The van der Waals surface area contributed by atoms with Crippen molar-refractivity contribution >= 4 is 11.5 Å². The predicted molar refractivity (Wildman–Crippen MR) is 86.8 cm³/mol. The molecule has 1 N–H and O–H groups in total. The number of nitrogens with zero attached hydrogens (tertiary/aromatic N) is 4. The smallest absolute Gasteiger partial charge is 0.183 e. The lowest BCUT2D eigenvalue weighted by molar-refractivity contribution is 0.623. The summed E-state index contributed by atoms with van der Waals surface area (Å²) in [7, 11) is 0. The van der Waals surface area contributed by atoms with E-state index >= 15 is 0 Å². The maximum absolute atomic E-state index is 13.9. The van der Waals surface area contributed by atoms with Crippen LogP contribution >= 0.6 is 0 Å². The highest BCUT2D eigenvalue weighted by Crippen LogP contribution is 2.28. The van der Waals surface area contributed by atoms with E-state index in [-0.39, 0.29) is 23.1 Å². The predicted octanol–water partition coefficient (Wildman–Crippen LogP) is 4.08. The Morgan fingerprint density at radius 2 is 1.83 bits per heavy atom. The highest BCUT2D eigenvalue weighted by atomic mass is 19.1. The van der Waals surface area contributed by atoms with E-state index in [1.165, 1.54) is 30.6 Å². The van der Waals surface area contributed by atoms with E-state index in [0.717, 1.165) is 11.8 Å². The summed E-state index contributed by atoms with van der Waals surface area (Å²) in [6.45, 7) is 3.93. The molecule has 0 atom stereocenters. The molecule has 0 aliphatic heterocycles. The minimum absolute atomic E-state index is 0.0473. The van der Waals surface area contributed by atoms with Crippen molar-refractivity contribution in [2.24, 2.45) is 0 Å². The maximum Gasteiger partial charge on any atom is 0.183 e. The summed E-state index contributed by atoms with van der Waals surface area (Å²) in [6, 6.07) is 4.28. The summed E-state index contributed by atoms with van der Waals surface area (Å²) in [5.41, 5.74) is 1.07. The monoisotopic (exact) mass is 327 g/mol. The molecule has 0 fully saturated rings. The number of nitrogens with one attached hydrogen (secondary N) is 1. The molecule has 24 heavy (non-hydrogen) atoms. The molecule has 5 nitrogen and oxygen atoms in total. The van der Waals surface area contributed by atoms with Crippen molar-refractivity contribution in [3.8, 4) is 11.5 Å². The van der Waals surface area contributed by atoms with Gasteiger partial charge >= 0.3 is 0 Å². The number of pyridine rings is 2. The van der Waals surface area contributed by atoms with Crippen LogP contribution in [-0.2, 0) is 0 Å². The van der Waals surface area contributed by atoms with E-state index in [9.17, 15) is 8.78 Å². The number of halogens is 2. The standard InChI is InChI=1S/C17H15F2N5/c1-10(2)11-8-22-17(15-12(18)4-3-6-21-15)24-16(11)23-14-5-7-20-9-13(14)19/h3-10H,1-2H3,(H,20,22,23,24). The van der Waals surface area contributed by atoms with E-state index in [1.807, 2.05) is 13.8 Å². The van der Waals surface area contributed by atoms with Crippen LogP contribution in [0, 0.1) is 11.6 Å². The molecule has 0 amide bonds. The van der Waals surface area contributed by atoms with Gasteiger partial charge in [-0.15, -0.1) is 0 Å². The fourth-order valence-electron chi connectivity index (χ4n) is 2.18. The first-order valence-electron chi connectivity index (χ1n) is 7.40. The van der Waals surface area contributed by atoms with Gasteiger partial charge in [-0.2, -0.15) is 0 Å². The Balaban J connectivity index is 2.07. The molecule has 0 unspecified atom stereocenters. The lowest BCUT2D eigenvalue weighted by Gasteiger charge is -2.14. The molecule has 3 heterocycles. The van der Waals surface area contributed by atoms with Crippen LogP contribution in [0.3, 0.4) is 0 Å². The molecular formula is C17H15F2N5. The Kier molecular flexibility index (Phi) is 4.41. The van der Waals surface area contributed by atoms with Crippen molar-refractivity contribution in [3.05, 3.63) is 60.2 Å². The number of hydrogen-bond donors (Lipinski definition) is 1. The first-order chi connectivity index (χ1) is 11.6. The number of anilines is 2. The Morgan fingerprint density at radius 1 is 1.00 bits per heavy atom. The molecule has 0 aliphatic carbocycles. The molecule has 0 saturated carbocycles. The zero-order valence-corrected chi connectivity index (χ0v) is 13.2. The molecular weight excluding hydrogens is 312 g/mol. The van der Waals surface area contributed by atoms with E-state index in [1.54, 1.807) is 6.20 Å². The van der Waals surface area contributed by atoms with Crippen LogP contribution in [-0.4, -0.2) is 19.9 Å². The Morgan fingerprint density at radius 3 is 2.54 bits per heavy atom. The highest BCUT2D eigenvalue weighted by Gasteiger charge is 2.16. The molecule has 3 aromatic rings. The van der Waals surface area contributed by atoms with E-state index < -0.39 is 11.6 Å². The highest BCUT2D eigenvalue weighted by molar-refractivity contribution is 5.63. The molecule has 3 rings (SSSR count). The van der Waals surface area contributed by atoms with Gasteiger partial charge in [0.15, 0.2) is 17.5 Å². The number of aromatic nitrogens is 4. The fraction of sp³-hybridized carbons (Fsp3) is 0.176. The first-order valence-corrected chi connectivity index (χ1v) is 7.40. The third-order valence-electron chi connectivity index (χ3n) is 3.43. The van der Waals surface area contributed by atoms with Crippen molar-refractivity contribution in [1.29, 1.82) is 0 Å². The van der Waals surface area contributed by atoms with Gasteiger partial charge in [0.05, 0.1) is 11.9 Å². The molecule has 3 aromatic heterocycles. The van der Waals surface area contributed by atoms with Gasteiger partial charge in [-0.25, -0.2) is 23.7 Å². The Hall–Kier alpha value is -2.96. The zero-order valence-electron chi connectivity index (χ0n) is 13.2. The van der Waals surface area contributed by atoms with Crippen molar-refractivity contribution < 1.29 is 8.78 Å². The minimum atomic E-state index is -0.518. The summed E-state index contributed by atoms with van der Waals surface area (Å²) in [5.74, 6) is -0.383. The summed E-state index contributed by atoms with van der Waals surface area (Å²) >= 11 is 0. The Labute approximate surface area is 137 Å². The topological polar surface area (TPSA) is 63.6 Å². The average Bonchev–Trinajstić information content (AvgIpc) is 2.57.